The topological polar surface area (TPSA) is 101 Å². The van der Waals surface area contributed by atoms with Crippen LogP contribution in [0.3, 0.4) is 0 Å². The zero-order valence-corrected chi connectivity index (χ0v) is 11.9. The maximum absolute atomic E-state index is 11.1. The van der Waals surface area contributed by atoms with E-state index in [1.165, 1.54) is 6.26 Å². The van der Waals surface area contributed by atoms with Gasteiger partial charge in [-0.3, -0.25) is 5.43 Å². The van der Waals surface area contributed by atoms with Crippen LogP contribution in [-0.2, 0) is 9.84 Å². The van der Waals surface area contributed by atoms with Crippen molar-refractivity contribution in [1.82, 2.24) is 9.97 Å². The normalized spacial score (nSPS) is 11.3. The Balaban J connectivity index is 2.84. The minimum absolute atomic E-state index is 0.0608. The van der Waals surface area contributed by atoms with Crippen molar-refractivity contribution in [3.63, 3.8) is 0 Å². The van der Waals surface area contributed by atoms with Crippen molar-refractivity contribution in [2.45, 2.75) is 0 Å². The van der Waals surface area contributed by atoms with Crippen LogP contribution < -0.4 is 16.2 Å². The molecule has 9 heteroatoms. The van der Waals surface area contributed by atoms with Crippen LogP contribution in [0.2, 0.25) is 0 Å². The molecule has 1 heterocycles. The highest BCUT2D eigenvalue weighted by Crippen LogP contribution is 2.22. The Kier molecular flexibility index (Phi) is 4.66. The molecule has 3 N–H and O–H groups in total. The summed E-state index contributed by atoms with van der Waals surface area (Å²) in [6, 6.07) is 0. The fraction of sp³-hybridized carbons (Fsp3) is 0.500. The van der Waals surface area contributed by atoms with Crippen LogP contribution in [0.5, 0.6) is 0 Å². The third kappa shape index (κ3) is 4.44. The number of sulfone groups is 1. The zero-order valence-electron chi connectivity index (χ0n) is 9.51. The van der Waals surface area contributed by atoms with Crippen molar-refractivity contribution in [1.29, 1.82) is 0 Å². The molecule has 96 valence electrons. The Morgan fingerprint density at radius 2 is 2.24 bits per heavy atom. The summed E-state index contributed by atoms with van der Waals surface area (Å²) < 4.78 is 22.8. The Hall–Kier alpha value is -0.930. The molecule has 0 radical (unpaired) electrons. The summed E-state index contributed by atoms with van der Waals surface area (Å²) >= 11 is 3.30. The largest absolute Gasteiger partial charge is 0.358 e. The second-order valence-electron chi connectivity index (χ2n) is 3.56. The SMILES string of the molecule is CN(CCS(C)(=O)=O)c1nc(NN)ncc1Br. The molecule has 1 aromatic rings. The fourth-order valence-corrected chi connectivity index (χ4v) is 2.20. The van der Waals surface area contributed by atoms with E-state index in [9.17, 15) is 8.42 Å². The van der Waals surface area contributed by atoms with Gasteiger partial charge in [-0.25, -0.2) is 19.2 Å². The van der Waals surface area contributed by atoms with E-state index < -0.39 is 9.84 Å². The van der Waals surface area contributed by atoms with Crippen molar-refractivity contribution >= 4 is 37.5 Å². The van der Waals surface area contributed by atoms with Crippen molar-refractivity contribution in [2.24, 2.45) is 5.84 Å². The molecule has 1 aromatic heterocycles. The van der Waals surface area contributed by atoms with Crippen LogP contribution in [0, 0.1) is 0 Å². The molecule has 1 rings (SSSR count). The van der Waals surface area contributed by atoms with Gasteiger partial charge in [-0.2, -0.15) is 4.98 Å². The average molecular weight is 324 g/mol. The number of aromatic nitrogens is 2. The number of rotatable bonds is 5. The summed E-state index contributed by atoms with van der Waals surface area (Å²) in [5.41, 5.74) is 2.33. The van der Waals surface area contributed by atoms with Crippen LogP contribution in [-0.4, -0.2) is 44.0 Å². The second-order valence-corrected chi connectivity index (χ2v) is 6.68. The smallest absolute Gasteiger partial charge is 0.239 e. The minimum atomic E-state index is -3.00. The third-order valence-corrected chi connectivity index (χ3v) is 3.50. The average Bonchev–Trinajstić information content (AvgIpc) is 2.25. The van der Waals surface area contributed by atoms with E-state index >= 15 is 0 Å². The number of halogens is 1. The van der Waals surface area contributed by atoms with Gasteiger partial charge in [-0.1, -0.05) is 0 Å². The lowest BCUT2D eigenvalue weighted by Crippen LogP contribution is -2.26. The Morgan fingerprint density at radius 3 is 2.76 bits per heavy atom. The summed E-state index contributed by atoms with van der Waals surface area (Å²) in [4.78, 5) is 9.75. The van der Waals surface area contributed by atoms with E-state index in [1.54, 1.807) is 18.1 Å². The first-order valence-electron chi connectivity index (χ1n) is 4.71. The quantitative estimate of drug-likeness (QED) is 0.581. The molecule has 7 nitrogen and oxygen atoms in total. The van der Waals surface area contributed by atoms with Crippen LogP contribution in [0.25, 0.3) is 0 Å². The van der Waals surface area contributed by atoms with Gasteiger partial charge in [0.05, 0.1) is 10.2 Å². The van der Waals surface area contributed by atoms with Gasteiger partial charge in [0.2, 0.25) is 5.95 Å². The number of nitrogens with two attached hydrogens (primary N) is 1. The molecule has 0 aliphatic heterocycles. The van der Waals surface area contributed by atoms with Gasteiger partial charge in [-0.05, 0) is 15.9 Å². The summed E-state index contributed by atoms with van der Waals surface area (Å²) in [7, 11) is -1.25. The highest BCUT2D eigenvalue weighted by molar-refractivity contribution is 9.10. The molecular formula is C8H14BrN5O2S. The number of nitrogens with one attached hydrogen (secondary N) is 1. The summed E-state index contributed by atoms with van der Waals surface area (Å²) in [5, 5.41) is 0. The van der Waals surface area contributed by atoms with Gasteiger partial charge >= 0.3 is 0 Å². The first kappa shape index (κ1) is 14.1. The number of hydrogen-bond acceptors (Lipinski definition) is 7. The molecule has 0 amide bonds. The third-order valence-electron chi connectivity index (χ3n) is 2.01. The molecule has 0 fully saturated rings. The number of nitrogens with zero attached hydrogens (tertiary/aromatic N) is 3. The fourth-order valence-electron chi connectivity index (χ4n) is 1.10. The second kappa shape index (κ2) is 5.61. The lowest BCUT2D eigenvalue weighted by Gasteiger charge is -2.19. The molecule has 0 atom stereocenters. The van der Waals surface area contributed by atoms with Gasteiger partial charge in [0.1, 0.15) is 15.7 Å². The molecule has 0 aromatic carbocycles. The van der Waals surface area contributed by atoms with Crippen LogP contribution in [0.4, 0.5) is 11.8 Å². The van der Waals surface area contributed by atoms with E-state index in [2.05, 4.69) is 31.3 Å². The molecule has 0 saturated heterocycles. The first-order chi connectivity index (χ1) is 7.83. The van der Waals surface area contributed by atoms with Gasteiger partial charge in [-0.15, -0.1) is 0 Å². The van der Waals surface area contributed by atoms with E-state index in [0.29, 0.717) is 16.8 Å². The predicted molar refractivity (Wildman–Crippen MR) is 70.5 cm³/mol. The Morgan fingerprint density at radius 1 is 1.59 bits per heavy atom. The molecule has 0 saturated carbocycles. The van der Waals surface area contributed by atoms with Gasteiger partial charge in [0, 0.05) is 26.0 Å². The van der Waals surface area contributed by atoms with Crippen LogP contribution in [0.1, 0.15) is 0 Å². The molecule has 0 bridgehead atoms. The lowest BCUT2D eigenvalue weighted by molar-refractivity contribution is 0.601. The molecule has 17 heavy (non-hydrogen) atoms. The first-order valence-corrected chi connectivity index (χ1v) is 7.57. The summed E-state index contributed by atoms with van der Waals surface area (Å²) in [6.45, 7) is 0.346. The van der Waals surface area contributed by atoms with Gasteiger partial charge in [0.25, 0.3) is 0 Å². The van der Waals surface area contributed by atoms with Crippen molar-refractivity contribution in [3.8, 4) is 0 Å². The molecule has 0 aliphatic carbocycles. The number of hydrogen-bond donors (Lipinski definition) is 2. The standard InChI is InChI=1S/C8H14BrN5O2S/c1-14(3-4-17(2,15)16)7-6(9)5-11-8(12-7)13-10/h5H,3-4,10H2,1-2H3,(H,11,12,13). The molecule has 0 spiro atoms. The van der Waals surface area contributed by atoms with Crippen molar-refractivity contribution in [3.05, 3.63) is 10.7 Å². The number of anilines is 2. The maximum Gasteiger partial charge on any atom is 0.239 e. The monoisotopic (exact) mass is 323 g/mol. The van der Waals surface area contributed by atoms with E-state index in [-0.39, 0.29) is 11.7 Å². The highest BCUT2D eigenvalue weighted by atomic mass is 79.9. The van der Waals surface area contributed by atoms with Crippen molar-refractivity contribution < 1.29 is 8.42 Å². The zero-order chi connectivity index (χ0) is 13.1. The summed E-state index contributed by atoms with van der Waals surface area (Å²) in [6.07, 6.45) is 2.75. The van der Waals surface area contributed by atoms with E-state index in [1.807, 2.05) is 0 Å². The van der Waals surface area contributed by atoms with Gasteiger partial charge in [0.15, 0.2) is 0 Å². The van der Waals surface area contributed by atoms with Crippen molar-refractivity contribution in [2.75, 3.05) is 35.9 Å². The number of hydrazine groups is 1. The van der Waals surface area contributed by atoms with E-state index in [4.69, 9.17) is 5.84 Å². The molecular weight excluding hydrogens is 310 g/mol. The molecule has 0 unspecified atom stereocenters. The number of nitrogen functional groups attached to an aromatic ring is 1. The lowest BCUT2D eigenvalue weighted by atomic mass is 10.5. The van der Waals surface area contributed by atoms with E-state index in [0.717, 1.165) is 0 Å². The summed E-state index contributed by atoms with van der Waals surface area (Å²) in [5.74, 6) is 6.12. The minimum Gasteiger partial charge on any atom is -0.358 e. The Labute approximate surface area is 108 Å². The molecule has 0 aliphatic rings. The predicted octanol–water partition coefficient (Wildman–Crippen LogP) is 0.00550. The van der Waals surface area contributed by atoms with Crippen LogP contribution in [0.15, 0.2) is 10.7 Å². The van der Waals surface area contributed by atoms with Crippen LogP contribution >= 0.6 is 15.9 Å². The maximum atomic E-state index is 11.1. The van der Waals surface area contributed by atoms with Gasteiger partial charge < -0.3 is 4.90 Å². The highest BCUT2D eigenvalue weighted by Gasteiger charge is 2.11. The Bertz CT molecular complexity index is 493.